The van der Waals surface area contributed by atoms with Crippen LogP contribution < -0.4 is 21.9 Å². The summed E-state index contributed by atoms with van der Waals surface area (Å²) in [5.41, 5.74) is -5.19. The fourth-order valence-electron chi connectivity index (χ4n) is 3.07. The lowest BCUT2D eigenvalue weighted by molar-refractivity contribution is -0.173. The van der Waals surface area contributed by atoms with Crippen molar-refractivity contribution in [3.05, 3.63) is 61.9 Å². The number of hydrogen-bond acceptors (Lipinski definition) is 4. The lowest BCUT2D eigenvalue weighted by Crippen LogP contribution is -2.45. The number of halogens is 6. The first-order chi connectivity index (χ1) is 15.3. The standard InChI is InChI=1S/C18H13F6N5O4/c1-7-10(19)13-14(29(26-8(2)30)16(32)15(31)28(13)24)11(20)12(7)27-4-3-9(6-27)5-25-17(33)18(21,22)23/h3-4,6H,5H2,1-2H3,(H,25,33)(H,26,30). The molecule has 2 heterocycles. The SMILES string of the molecule is CC(=O)Nn1c(=O)c(=O)n(F)c2c(F)c(C)c(-n3ccc(CNC(=O)C(F)(F)F)c3)c(F)c21. The molecule has 0 radical (unpaired) electrons. The highest BCUT2D eigenvalue weighted by Gasteiger charge is 2.38. The molecule has 0 atom stereocenters. The normalized spacial score (nSPS) is 11.6. The number of nitrogens with zero attached hydrogens (tertiary/aromatic N) is 3. The number of hydrogen-bond donors (Lipinski definition) is 2. The Balaban J connectivity index is 2.22. The zero-order chi connectivity index (χ0) is 24.8. The van der Waals surface area contributed by atoms with Crippen molar-refractivity contribution < 1.29 is 36.0 Å². The zero-order valence-electron chi connectivity index (χ0n) is 16.7. The Bertz CT molecular complexity index is 1420. The fourth-order valence-corrected chi connectivity index (χ4v) is 3.07. The second-order valence-electron chi connectivity index (χ2n) is 6.80. The summed E-state index contributed by atoms with van der Waals surface area (Å²) in [6.45, 7) is 1.31. The molecular weight excluding hydrogens is 464 g/mol. The highest BCUT2D eigenvalue weighted by atomic mass is 19.4. The molecule has 2 aromatic heterocycles. The Morgan fingerprint density at radius 3 is 2.27 bits per heavy atom. The third-order valence-corrected chi connectivity index (χ3v) is 4.51. The summed E-state index contributed by atoms with van der Waals surface area (Å²) in [5.74, 6) is -6.04. The van der Waals surface area contributed by atoms with Crippen LogP contribution in [0.2, 0.25) is 0 Å². The van der Waals surface area contributed by atoms with Crippen molar-refractivity contribution in [1.29, 1.82) is 0 Å². The molecule has 0 fully saturated rings. The van der Waals surface area contributed by atoms with Crippen LogP contribution in [0.25, 0.3) is 16.7 Å². The van der Waals surface area contributed by atoms with Crippen molar-refractivity contribution in [2.24, 2.45) is 0 Å². The third kappa shape index (κ3) is 4.08. The number of carbonyl (C=O) groups excluding carboxylic acids is 2. The first-order valence-electron chi connectivity index (χ1n) is 8.91. The van der Waals surface area contributed by atoms with Crippen LogP contribution in [0.5, 0.6) is 0 Å². The number of benzene rings is 1. The second-order valence-corrected chi connectivity index (χ2v) is 6.80. The van der Waals surface area contributed by atoms with E-state index < -0.39 is 74.4 Å². The van der Waals surface area contributed by atoms with E-state index in [1.807, 2.05) is 5.43 Å². The summed E-state index contributed by atoms with van der Waals surface area (Å²) in [4.78, 5) is 45.4. The smallest absolute Gasteiger partial charge is 0.344 e. The van der Waals surface area contributed by atoms with E-state index in [-0.39, 0.29) is 10.2 Å². The molecule has 0 saturated carbocycles. The molecule has 0 saturated heterocycles. The molecule has 2 amide bonds. The van der Waals surface area contributed by atoms with Crippen LogP contribution >= 0.6 is 0 Å². The van der Waals surface area contributed by atoms with Crippen LogP contribution in [0.1, 0.15) is 18.1 Å². The van der Waals surface area contributed by atoms with E-state index in [0.29, 0.717) is 0 Å². The molecule has 3 aromatic rings. The number of amides is 2. The average molecular weight is 477 g/mol. The van der Waals surface area contributed by atoms with Crippen LogP contribution in [0.4, 0.5) is 26.4 Å². The molecule has 0 aliphatic heterocycles. The summed E-state index contributed by atoms with van der Waals surface area (Å²) >= 11 is 0. The maximum absolute atomic E-state index is 15.5. The van der Waals surface area contributed by atoms with E-state index in [2.05, 4.69) is 0 Å². The molecule has 9 nitrogen and oxygen atoms in total. The van der Waals surface area contributed by atoms with Crippen molar-refractivity contribution in [2.75, 3.05) is 5.43 Å². The Morgan fingerprint density at radius 1 is 1.06 bits per heavy atom. The minimum Gasteiger partial charge on any atom is -0.344 e. The molecule has 0 spiro atoms. The molecule has 33 heavy (non-hydrogen) atoms. The van der Waals surface area contributed by atoms with E-state index in [0.717, 1.165) is 30.8 Å². The minimum atomic E-state index is -5.12. The van der Waals surface area contributed by atoms with Crippen molar-refractivity contribution in [3.63, 3.8) is 0 Å². The van der Waals surface area contributed by atoms with E-state index in [1.165, 1.54) is 6.07 Å². The van der Waals surface area contributed by atoms with Crippen LogP contribution in [0.3, 0.4) is 0 Å². The van der Waals surface area contributed by atoms with Gasteiger partial charge in [0.15, 0.2) is 11.6 Å². The quantitative estimate of drug-likeness (QED) is 0.439. The summed E-state index contributed by atoms with van der Waals surface area (Å²) in [6, 6.07) is 1.19. The van der Waals surface area contributed by atoms with Gasteiger partial charge in [-0.2, -0.15) is 13.2 Å². The number of carbonyl (C=O) groups is 2. The molecule has 0 aliphatic carbocycles. The van der Waals surface area contributed by atoms with Gasteiger partial charge >= 0.3 is 23.2 Å². The van der Waals surface area contributed by atoms with Gasteiger partial charge < -0.3 is 9.88 Å². The van der Waals surface area contributed by atoms with Gasteiger partial charge in [0, 0.05) is 31.4 Å². The van der Waals surface area contributed by atoms with Crippen LogP contribution in [-0.2, 0) is 16.1 Å². The van der Waals surface area contributed by atoms with Crippen LogP contribution in [0, 0.1) is 18.6 Å². The molecule has 2 N–H and O–H groups in total. The number of rotatable bonds is 4. The van der Waals surface area contributed by atoms with Gasteiger partial charge in [-0.05, 0) is 18.6 Å². The zero-order valence-corrected chi connectivity index (χ0v) is 16.7. The van der Waals surface area contributed by atoms with Crippen molar-refractivity contribution in [2.45, 2.75) is 26.6 Å². The molecule has 1 aromatic carbocycles. The first kappa shape index (κ1) is 23.6. The van der Waals surface area contributed by atoms with Gasteiger partial charge in [0.2, 0.25) is 5.91 Å². The topological polar surface area (TPSA) is 107 Å². The van der Waals surface area contributed by atoms with E-state index >= 15 is 8.78 Å². The Hall–Kier alpha value is -4.04. The lowest BCUT2D eigenvalue weighted by atomic mass is 10.1. The third-order valence-electron chi connectivity index (χ3n) is 4.51. The van der Waals surface area contributed by atoms with Gasteiger partial charge in [-0.3, -0.25) is 24.6 Å². The van der Waals surface area contributed by atoms with E-state index in [1.54, 1.807) is 5.32 Å². The van der Waals surface area contributed by atoms with E-state index in [4.69, 9.17) is 0 Å². The second kappa shape index (κ2) is 8.14. The Labute approximate surface area is 178 Å². The van der Waals surface area contributed by atoms with Crippen molar-refractivity contribution >= 4 is 22.8 Å². The highest BCUT2D eigenvalue weighted by molar-refractivity contribution is 5.86. The summed E-state index contributed by atoms with van der Waals surface area (Å²) in [5, 5.41) is 1.60. The maximum atomic E-state index is 15.5. The number of aromatic nitrogens is 3. The van der Waals surface area contributed by atoms with Gasteiger partial charge in [-0.25, -0.2) is 13.5 Å². The molecule has 15 heteroatoms. The van der Waals surface area contributed by atoms with Gasteiger partial charge in [0.05, 0.1) is 5.69 Å². The summed E-state index contributed by atoms with van der Waals surface area (Å²) < 4.78 is 82.8. The largest absolute Gasteiger partial charge is 0.471 e. The number of alkyl halides is 3. The molecular formula is C18H13F6N5O4. The maximum Gasteiger partial charge on any atom is 0.471 e. The predicted molar refractivity (Wildman–Crippen MR) is 101 cm³/mol. The minimum absolute atomic E-state index is 0.0571. The number of fused-ring (bicyclic) bond motifs is 1. The van der Waals surface area contributed by atoms with Gasteiger partial charge in [0.1, 0.15) is 11.0 Å². The van der Waals surface area contributed by atoms with Crippen LogP contribution in [-0.4, -0.2) is 32.0 Å². The van der Waals surface area contributed by atoms with Crippen molar-refractivity contribution in [1.82, 2.24) is 19.3 Å². The van der Waals surface area contributed by atoms with Gasteiger partial charge in [-0.1, -0.05) is 4.48 Å². The first-order valence-corrected chi connectivity index (χ1v) is 8.91. The Kier molecular flexibility index (Phi) is 5.83. The fraction of sp³-hybridized carbons (Fsp3) is 0.222. The monoisotopic (exact) mass is 477 g/mol. The Morgan fingerprint density at radius 2 is 1.70 bits per heavy atom. The average Bonchev–Trinajstić information content (AvgIpc) is 3.18. The molecule has 0 unspecified atom stereocenters. The lowest BCUT2D eigenvalue weighted by Gasteiger charge is -2.17. The van der Waals surface area contributed by atoms with Gasteiger partial charge in [0.25, 0.3) is 0 Å². The van der Waals surface area contributed by atoms with Crippen molar-refractivity contribution in [3.8, 4) is 5.69 Å². The molecule has 176 valence electrons. The number of nitrogens with one attached hydrogen (secondary N) is 2. The summed E-state index contributed by atoms with van der Waals surface area (Å²) in [6.07, 6.45) is -2.96. The molecule has 0 bridgehead atoms. The van der Waals surface area contributed by atoms with E-state index in [9.17, 15) is 36.8 Å². The molecule has 0 aliphatic rings. The highest BCUT2D eigenvalue weighted by Crippen LogP contribution is 2.30. The predicted octanol–water partition coefficient (Wildman–Crippen LogP) is 1.54. The van der Waals surface area contributed by atoms with Gasteiger partial charge in [-0.15, -0.1) is 4.79 Å². The summed E-state index contributed by atoms with van der Waals surface area (Å²) in [7, 11) is 0. The molecule has 3 rings (SSSR count). The van der Waals surface area contributed by atoms with Crippen LogP contribution in [0.15, 0.2) is 28.0 Å².